The molecule has 2 aromatic heterocycles. The SMILES string of the molecule is O=NCC1CCC(n2cnc3c(N4CCCc5ccccc5C4)ncnc32)O1. The van der Waals surface area contributed by atoms with Gasteiger partial charge >= 0.3 is 0 Å². The number of nitrogens with zero attached hydrogens (tertiary/aromatic N) is 6. The van der Waals surface area contributed by atoms with Crippen molar-refractivity contribution in [2.75, 3.05) is 18.0 Å². The first kappa shape index (κ1) is 17.2. The highest BCUT2D eigenvalue weighted by molar-refractivity contribution is 5.83. The maximum atomic E-state index is 10.5. The van der Waals surface area contributed by atoms with Crippen LogP contribution in [-0.4, -0.2) is 38.7 Å². The number of imidazole rings is 1. The third-order valence-electron chi connectivity index (χ3n) is 5.67. The number of aromatic nitrogens is 4. The Balaban J connectivity index is 1.47. The van der Waals surface area contributed by atoms with Crippen molar-refractivity contribution < 1.29 is 4.74 Å². The summed E-state index contributed by atoms with van der Waals surface area (Å²) in [6, 6.07) is 8.60. The molecule has 0 N–H and O–H groups in total. The van der Waals surface area contributed by atoms with Gasteiger partial charge in [0.15, 0.2) is 17.0 Å². The molecule has 2 aliphatic rings. The van der Waals surface area contributed by atoms with Crippen molar-refractivity contribution in [3.8, 4) is 0 Å². The van der Waals surface area contributed by atoms with E-state index in [0.29, 0.717) is 0 Å². The summed E-state index contributed by atoms with van der Waals surface area (Å²) in [7, 11) is 0. The van der Waals surface area contributed by atoms with E-state index in [0.717, 1.165) is 55.8 Å². The Morgan fingerprint density at radius 3 is 2.93 bits per heavy atom. The lowest BCUT2D eigenvalue weighted by atomic mass is 10.0. The van der Waals surface area contributed by atoms with E-state index in [-0.39, 0.29) is 18.9 Å². The zero-order chi connectivity index (χ0) is 18.9. The van der Waals surface area contributed by atoms with Crippen molar-refractivity contribution in [1.29, 1.82) is 0 Å². The van der Waals surface area contributed by atoms with Gasteiger partial charge in [-0.25, -0.2) is 15.0 Å². The monoisotopic (exact) mass is 378 g/mol. The summed E-state index contributed by atoms with van der Waals surface area (Å²) in [5.41, 5.74) is 4.32. The van der Waals surface area contributed by atoms with Gasteiger partial charge in [0, 0.05) is 13.1 Å². The molecule has 0 saturated carbocycles. The second-order valence-corrected chi connectivity index (χ2v) is 7.42. The van der Waals surface area contributed by atoms with Crippen molar-refractivity contribution in [3.63, 3.8) is 0 Å². The van der Waals surface area contributed by atoms with Gasteiger partial charge in [-0.2, -0.15) is 4.91 Å². The molecular weight excluding hydrogens is 356 g/mol. The van der Waals surface area contributed by atoms with Gasteiger partial charge in [0.1, 0.15) is 19.1 Å². The summed E-state index contributed by atoms with van der Waals surface area (Å²) in [6.45, 7) is 1.94. The Kier molecular flexibility index (Phi) is 4.48. The van der Waals surface area contributed by atoms with Gasteiger partial charge in [-0.3, -0.25) is 4.57 Å². The predicted molar refractivity (Wildman–Crippen MR) is 105 cm³/mol. The minimum Gasteiger partial charge on any atom is -0.353 e. The van der Waals surface area contributed by atoms with Crippen LogP contribution in [0.1, 0.15) is 36.6 Å². The number of nitroso groups, excluding NO2 is 1. The zero-order valence-electron chi connectivity index (χ0n) is 15.6. The fraction of sp³-hybridized carbons (Fsp3) is 0.450. The van der Waals surface area contributed by atoms with Crippen molar-refractivity contribution in [2.24, 2.45) is 5.18 Å². The number of aryl methyl sites for hydroxylation is 1. The van der Waals surface area contributed by atoms with Crippen molar-refractivity contribution >= 4 is 17.0 Å². The molecule has 2 atom stereocenters. The van der Waals surface area contributed by atoms with Crippen LogP contribution in [0.5, 0.6) is 0 Å². The highest BCUT2D eigenvalue weighted by Crippen LogP contribution is 2.33. The predicted octanol–water partition coefficient (Wildman–Crippen LogP) is 3.22. The number of fused-ring (bicyclic) bond motifs is 2. The van der Waals surface area contributed by atoms with Crippen LogP contribution in [-0.2, 0) is 17.7 Å². The molecule has 144 valence electrons. The standard InChI is InChI=1S/C20H22N6O2/c27-24-10-16-7-8-17(28-16)26-13-23-18-19(21-12-22-20(18)26)25-9-3-6-14-4-1-2-5-15(14)11-25/h1-2,4-5,12-13,16-17H,3,6-11H2. The number of hydrogen-bond donors (Lipinski definition) is 0. The largest absolute Gasteiger partial charge is 0.353 e. The second kappa shape index (κ2) is 7.27. The molecule has 0 bridgehead atoms. The van der Waals surface area contributed by atoms with E-state index < -0.39 is 0 Å². The molecule has 2 aliphatic heterocycles. The van der Waals surface area contributed by atoms with E-state index in [1.165, 1.54) is 11.1 Å². The van der Waals surface area contributed by atoms with E-state index >= 15 is 0 Å². The fourth-order valence-electron chi connectivity index (χ4n) is 4.27. The van der Waals surface area contributed by atoms with Crippen LogP contribution in [0.3, 0.4) is 0 Å². The number of benzene rings is 1. The number of anilines is 1. The summed E-state index contributed by atoms with van der Waals surface area (Å²) < 4.78 is 7.92. The lowest BCUT2D eigenvalue weighted by Crippen LogP contribution is -2.24. The van der Waals surface area contributed by atoms with Gasteiger partial charge in [0.05, 0.1) is 12.4 Å². The van der Waals surface area contributed by atoms with Crippen LogP contribution in [0.25, 0.3) is 11.2 Å². The summed E-state index contributed by atoms with van der Waals surface area (Å²) >= 11 is 0. The maximum Gasteiger partial charge on any atom is 0.167 e. The quantitative estimate of drug-likeness (QED) is 0.648. The Hall–Kier alpha value is -2.87. The average molecular weight is 378 g/mol. The molecule has 8 nitrogen and oxygen atoms in total. The first-order chi connectivity index (χ1) is 13.8. The van der Waals surface area contributed by atoms with Crippen LogP contribution in [0.15, 0.2) is 42.1 Å². The minimum atomic E-state index is -0.163. The first-order valence-electron chi connectivity index (χ1n) is 9.77. The van der Waals surface area contributed by atoms with Crippen LogP contribution in [0.4, 0.5) is 5.82 Å². The topological polar surface area (TPSA) is 85.5 Å². The van der Waals surface area contributed by atoms with E-state index in [4.69, 9.17) is 4.74 Å². The van der Waals surface area contributed by atoms with Crippen LogP contribution < -0.4 is 4.90 Å². The molecule has 2 unspecified atom stereocenters. The smallest absolute Gasteiger partial charge is 0.167 e. The lowest BCUT2D eigenvalue weighted by Gasteiger charge is -2.22. The highest BCUT2D eigenvalue weighted by atomic mass is 16.5. The Bertz CT molecular complexity index is 1000. The molecule has 1 saturated heterocycles. The molecule has 1 fully saturated rings. The molecule has 0 radical (unpaired) electrons. The summed E-state index contributed by atoms with van der Waals surface area (Å²) in [5, 5.41) is 2.97. The van der Waals surface area contributed by atoms with Crippen molar-refractivity contribution in [3.05, 3.63) is 53.0 Å². The van der Waals surface area contributed by atoms with E-state index in [1.54, 1.807) is 12.7 Å². The van der Waals surface area contributed by atoms with Gasteiger partial charge in [-0.1, -0.05) is 29.4 Å². The third kappa shape index (κ3) is 3.03. The Morgan fingerprint density at radius 2 is 2.04 bits per heavy atom. The number of ether oxygens (including phenoxy) is 1. The van der Waals surface area contributed by atoms with Gasteiger partial charge in [-0.15, -0.1) is 0 Å². The van der Waals surface area contributed by atoms with Crippen molar-refractivity contribution in [2.45, 2.75) is 44.6 Å². The van der Waals surface area contributed by atoms with E-state index in [2.05, 4.69) is 49.3 Å². The molecule has 1 aromatic carbocycles. The molecule has 0 spiro atoms. The van der Waals surface area contributed by atoms with Gasteiger partial charge in [-0.05, 0) is 36.8 Å². The van der Waals surface area contributed by atoms with E-state index in [1.807, 2.05) is 4.57 Å². The average Bonchev–Trinajstić information content (AvgIpc) is 3.29. The third-order valence-corrected chi connectivity index (χ3v) is 5.67. The van der Waals surface area contributed by atoms with E-state index in [9.17, 15) is 4.91 Å². The molecule has 0 aliphatic carbocycles. The first-order valence-corrected chi connectivity index (χ1v) is 9.77. The van der Waals surface area contributed by atoms with Gasteiger partial charge in [0.25, 0.3) is 0 Å². The summed E-state index contributed by atoms with van der Waals surface area (Å²) in [5.74, 6) is 0.865. The zero-order valence-corrected chi connectivity index (χ0v) is 15.6. The molecule has 4 heterocycles. The Labute approximate surface area is 162 Å². The summed E-state index contributed by atoms with van der Waals surface area (Å²) in [6.07, 6.45) is 6.89. The highest BCUT2D eigenvalue weighted by Gasteiger charge is 2.29. The second-order valence-electron chi connectivity index (χ2n) is 7.42. The number of hydrogen-bond acceptors (Lipinski definition) is 7. The van der Waals surface area contributed by atoms with Gasteiger partial charge < -0.3 is 9.64 Å². The molecule has 0 amide bonds. The molecular formula is C20H22N6O2. The Morgan fingerprint density at radius 1 is 1.14 bits per heavy atom. The summed E-state index contributed by atoms with van der Waals surface area (Å²) in [4.78, 5) is 26.5. The van der Waals surface area contributed by atoms with Gasteiger partial charge in [0.2, 0.25) is 0 Å². The fourth-order valence-corrected chi connectivity index (χ4v) is 4.27. The molecule has 5 rings (SSSR count). The molecule has 28 heavy (non-hydrogen) atoms. The lowest BCUT2D eigenvalue weighted by molar-refractivity contribution is 0.00876. The van der Waals surface area contributed by atoms with Crippen LogP contribution in [0.2, 0.25) is 0 Å². The maximum absolute atomic E-state index is 10.5. The number of rotatable bonds is 4. The van der Waals surface area contributed by atoms with Crippen LogP contribution >= 0.6 is 0 Å². The normalized spacial score (nSPS) is 22.2. The van der Waals surface area contributed by atoms with Crippen molar-refractivity contribution in [1.82, 2.24) is 19.5 Å². The molecule has 8 heteroatoms. The van der Waals surface area contributed by atoms with Crippen LogP contribution in [0, 0.1) is 4.91 Å². The molecule has 3 aromatic rings. The minimum absolute atomic E-state index is 0.122.